The van der Waals surface area contributed by atoms with Crippen LogP contribution in [-0.2, 0) is 14.9 Å². The highest BCUT2D eigenvalue weighted by Crippen LogP contribution is 2.29. The summed E-state index contributed by atoms with van der Waals surface area (Å²) >= 11 is 0. The lowest BCUT2D eigenvalue weighted by molar-refractivity contribution is -0.131. The van der Waals surface area contributed by atoms with E-state index in [1.165, 1.54) is 18.2 Å². The standard InChI is InChI=1S/C28H32FN5O4.C6H6O3S/c1-3-26(36)34-14-12-32(13-15-34)21-6-4-20(5-7-21)30-28(37)25-18-24(35)22-16-19(29)17-23(27(22)38-25)33-10-8-31(2)9-11-33;7-10(8,9)6-4-2-1-3-5-6/h4-7,16-18H,3,8-15H2,1-2H3,(H,30,37);1-5H,(H,7,8,9). The van der Waals surface area contributed by atoms with Crippen molar-refractivity contribution in [2.75, 3.05) is 74.5 Å². The van der Waals surface area contributed by atoms with Gasteiger partial charge in [-0.15, -0.1) is 0 Å². The third-order valence-electron chi connectivity index (χ3n) is 8.31. The minimum absolute atomic E-state index is 0.0741. The Bertz CT molecular complexity index is 1920. The van der Waals surface area contributed by atoms with Crippen molar-refractivity contribution in [3.05, 3.63) is 94.6 Å². The summed E-state index contributed by atoms with van der Waals surface area (Å²) in [6, 6.07) is 18.5. The van der Waals surface area contributed by atoms with E-state index in [4.69, 9.17) is 8.97 Å². The molecule has 4 aromatic rings. The molecule has 0 spiro atoms. The van der Waals surface area contributed by atoms with E-state index in [2.05, 4.69) is 15.1 Å². The maximum Gasteiger partial charge on any atom is 0.294 e. The fraction of sp³-hybridized carbons (Fsp3) is 0.324. The van der Waals surface area contributed by atoms with E-state index in [1.54, 1.807) is 30.3 Å². The van der Waals surface area contributed by atoms with E-state index in [0.717, 1.165) is 44.0 Å². The zero-order chi connectivity index (χ0) is 34.4. The quantitative estimate of drug-likeness (QED) is 0.288. The van der Waals surface area contributed by atoms with Gasteiger partial charge in [0.1, 0.15) is 5.82 Å². The molecular formula is C34H38FN5O7S. The number of piperazine rings is 2. The van der Waals surface area contributed by atoms with Gasteiger partial charge in [-0.3, -0.25) is 18.9 Å². The first kappa shape index (κ1) is 34.5. The number of carbonyl (C=O) groups excluding carboxylic acids is 2. The van der Waals surface area contributed by atoms with Crippen LogP contribution in [0.1, 0.15) is 23.9 Å². The highest BCUT2D eigenvalue weighted by Gasteiger charge is 2.23. The van der Waals surface area contributed by atoms with Crippen LogP contribution in [0.3, 0.4) is 0 Å². The Morgan fingerprint density at radius 3 is 2.08 bits per heavy atom. The van der Waals surface area contributed by atoms with Crippen LogP contribution in [0.4, 0.5) is 21.5 Å². The first-order valence-corrected chi connectivity index (χ1v) is 17.0. The molecule has 0 unspecified atom stereocenters. The van der Waals surface area contributed by atoms with Crippen molar-refractivity contribution in [2.45, 2.75) is 18.2 Å². The van der Waals surface area contributed by atoms with Crippen molar-refractivity contribution in [1.82, 2.24) is 9.80 Å². The van der Waals surface area contributed by atoms with E-state index in [9.17, 15) is 27.2 Å². The normalized spacial score (nSPS) is 15.5. The maximum atomic E-state index is 14.4. The SMILES string of the molecule is CCC(=O)N1CCN(c2ccc(NC(=O)c3cc(=O)c4cc(F)cc(N5CCN(C)CC5)c4o3)cc2)CC1.O=S(=O)(O)c1ccccc1. The molecule has 2 aliphatic heterocycles. The molecule has 14 heteroatoms. The first-order chi connectivity index (χ1) is 22.9. The zero-order valence-corrected chi connectivity index (χ0v) is 27.6. The minimum atomic E-state index is -4.00. The van der Waals surface area contributed by atoms with E-state index < -0.39 is 27.3 Å². The highest BCUT2D eigenvalue weighted by molar-refractivity contribution is 7.85. The number of nitrogens with one attached hydrogen (secondary N) is 1. The number of likely N-dealkylation sites (N-methyl/N-ethyl adjacent to an activating group) is 1. The van der Waals surface area contributed by atoms with Crippen LogP contribution in [0.5, 0.6) is 0 Å². The van der Waals surface area contributed by atoms with E-state index >= 15 is 0 Å². The van der Waals surface area contributed by atoms with Crippen molar-refractivity contribution in [1.29, 1.82) is 0 Å². The third kappa shape index (κ3) is 8.37. The van der Waals surface area contributed by atoms with E-state index in [0.29, 0.717) is 44.0 Å². The predicted molar refractivity (Wildman–Crippen MR) is 182 cm³/mol. The van der Waals surface area contributed by atoms with Crippen LogP contribution in [0.15, 0.2) is 86.9 Å². The Labute approximate surface area is 278 Å². The molecule has 254 valence electrons. The van der Waals surface area contributed by atoms with Crippen molar-refractivity contribution in [3.8, 4) is 0 Å². The smallest absolute Gasteiger partial charge is 0.294 e. The van der Waals surface area contributed by atoms with Crippen LogP contribution in [0.2, 0.25) is 0 Å². The molecule has 2 fully saturated rings. The summed E-state index contributed by atoms with van der Waals surface area (Å²) in [4.78, 5) is 45.9. The molecular weight excluding hydrogens is 641 g/mol. The van der Waals surface area contributed by atoms with Gasteiger partial charge < -0.3 is 29.3 Å². The predicted octanol–water partition coefficient (Wildman–Crippen LogP) is 3.93. The summed E-state index contributed by atoms with van der Waals surface area (Å²) in [5.41, 5.74) is 1.78. The molecule has 0 bridgehead atoms. The van der Waals surface area contributed by atoms with Crippen LogP contribution < -0.4 is 20.5 Å². The number of rotatable bonds is 6. The molecule has 2 amide bonds. The lowest BCUT2D eigenvalue weighted by atomic mass is 10.1. The van der Waals surface area contributed by atoms with Crippen LogP contribution in [-0.4, -0.2) is 94.0 Å². The second kappa shape index (κ2) is 15.0. The Hall–Kier alpha value is -4.79. The van der Waals surface area contributed by atoms with Gasteiger partial charge in [0.25, 0.3) is 16.0 Å². The maximum absolute atomic E-state index is 14.4. The minimum Gasteiger partial charge on any atom is -0.448 e. The molecule has 0 atom stereocenters. The average Bonchev–Trinajstić information content (AvgIpc) is 3.09. The first-order valence-electron chi connectivity index (χ1n) is 15.6. The van der Waals surface area contributed by atoms with Crippen molar-refractivity contribution >= 4 is 50.0 Å². The molecule has 3 aromatic carbocycles. The molecule has 48 heavy (non-hydrogen) atoms. The number of hydrogen-bond acceptors (Lipinski definition) is 9. The molecule has 0 aliphatic carbocycles. The molecule has 6 rings (SSSR count). The molecule has 1 aromatic heterocycles. The third-order valence-corrected chi connectivity index (χ3v) is 9.18. The monoisotopic (exact) mass is 679 g/mol. The van der Waals surface area contributed by atoms with Crippen molar-refractivity contribution < 1.29 is 31.4 Å². The van der Waals surface area contributed by atoms with Crippen LogP contribution >= 0.6 is 0 Å². The van der Waals surface area contributed by atoms with Crippen molar-refractivity contribution in [2.24, 2.45) is 0 Å². The Kier molecular flexibility index (Phi) is 10.8. The number of amides is 2. The highest BCUT2D eigenvalue weighted by atomic mass is 32.2. The average molecular weight is 680 g/mol. The van der Waals surface area contributed by atoms with Gasteiger partial charge in [-0.25, -0.2) is 4.39 Å². The van der Waals surface area contributed by atoms with E-state index in [-0.39, 0.29) is 27.5 Å². The summed E-state index contributed by atoms with van der Waals surface area (Å²) in [5.74, 6) is -1.04. The summed E-state index contributed by atoms with van der Waals surface area (Å²) in [6.07, 6.45) is 0.514. The number of halogens is 1. The number of carbonyl (C=O) groups is 2. The van der Waals surface area contributed by atoms with Gasteiger partial charge in [-0.1, -0.05) is 25.1 Å². The Balaban J connectivity index is 0.000000387. The topological polar surface area (TPSA) is 144 Å². The van der Waals surface area contributed by atoms with Gasteiger partial charge in [0.15, 0.2) is 16.8 Å². The van der Waals surface area contributed by atoms with Gasteiger partial charge in [0, 0.05) is 82.3 Å². The molecule has 0 radical (unpaired) electrons. The number of hydrogen-bond donors (Lipinski definition) is 2. The summed E-state index contributed by atoms with van der Waals surface area (Å²) < 4.78 is 49.5. The van der Waals surface area contributed by atoms with Gasteiger partial charge in [-0.2, -0.15) is 8.42 Å². The Morgan fingerprint density at radius 2 is 1.50 bits per heavy atom. The molecule has 12 nitrogen and oxygen atoms in total. The number of benzene rings is 3. The molecule has 3 heterocycles. The summed E-state index contributed by atoms with van der Waals surface area (Å²) in [7, 11) is -1.98. The van der Waals surface area contributed by atoms with Gasteiger partial charge in [0.2, 0.25) is 5.91 Å². The second-order valence-electron chi connectivity index (χ2n) is 11.6. The Morgan fingerprint density at radius 1 is 0.875 bits per heavy atom. The van der Waals surface area contributed by atoms with Crippen LogP contribution in [0, 0.1) is 5.82 Å². The molecule has 2 aliphatic rings. The van der Waals surface area contributed by atoms with Gasteiger partial charge in [0.05, 0.1) is 16.0 Å². The lowest BCUT2D eigenvalue weighted by Gasteiger charge is -2.36. The second-order valence-corrected chi connectivity index (χ2v) is 13.0. The molecule has 2 saturated heterocycles. The van der Waals surface area contributed by atoms with Crippen LogP contribution in [0.25, 0.3) is 11.0 Å². The number of anilines is 3. The van der Waals surface area contributed by atoms with Crippen molar-refractivity contribution in [3.63, 3.8) is 0 Å². The number of nitrogens with zero attached hydrogens (tertiary/aromatic N) is 4. The number of fused-ring (bicyclic) bond motifs is 1. The largest absolute Gasteiger partial charge is 0.448 e. The fourth-order valence-electron chi connectivity index (χ4n) is 5.58. The van der Waals surface area contributed by atoms with E-state index in [1.807, 2.05) is 35.9 Å². The molecule has 0 saturated carbocycles. The lowest BCUT2D eigenvalue weighted by Crippen LogP contribution is -2.48. The summed E-state index contributed by atoms with van der Waals surface area (Å²) in [5, 5.41) is 2.90. The summed E-state index contributed by atoms with van der Waals surface area (Å²) in [6.45, 7) is 7.65. The zero-order valence-electron chi connectivity index (χ0n) is 26.8. The van der Waals surface area contributed by atoms with Gasteiger partial charge >= 0.3 is 0 Å². The fourth-order valence-corrected chi connectivity index (χ4v) is 6.08. The molecule has 2 N–H and O–H groups in total. The van der Waals surface area contributed by atoms with Gasteiger partial charge in [-0.05, 0) is 49.5 Å².